The number of nitrogens with two attached hydrogens (primary N) is 1. The Morgan fingerprint density at radius 2 is 1.91 bits per heavy atom. The Morgan fingerprint density at radius 3 is 2.52 bits per heavy atom. The predicted octanol–water partition coefficient (Wildman–Crippen LogP) is 1.07. The summed E-state index contributed by atoms with van der Waals surface area (Å²) in [7, 11) is 1.34. The zero-order valence-corrected chi connectivity index (χ0v) is 13.2. The number of hydrogen-bond acceptors (Lipinski definition) is 6. The highest BCUT2D eigenvalue weighted by Crippen LogP contribution is 2.21. The van der Waals surface area contributed by atoms with Gasteiger partial charge in [-0.3, -0.25) is 9.59 Å². The van der Waals surface area contributed by atoms with Crippen molar-refractivity contribution in [2.75, 3.05) is 32.2 Å². The number of methoxy groups -OCH3 is 1. The maximum absolute atomic E-state index is 12.3. The van der Waals surface area contributed by atoms with Crippen LogP contribution < -0.4 is 15.8 Å². The Bertz CT molecular complexity index is 538. The molecule has 2 rings (SSSR count). The summed E-state index contributed by atoms with van der Waals surface area (Å²) in [6.07, 6.45) is 1.20. The first-order valence-electron chi connectivity index (χ1n) is 7.51. The van der Waals surface area contributed by atoms with Gasteiger partial charge in [-0.05, 0) is 37.1 Å². The molecule has 1 amide bonds. The van der Waals surface area contributed by atoms with Crippen LogP contribution >= 0.6 is 0 Å². The fourth-order valence-electron chi connectivity index (χ4n) is 2.21. The quantitative estimate of drug-likeness (QED) is 0.760. The van der Waals surface area contributed by atoms with E-state index in [0.717, 1.165) is 0 Å². The second-order valence-corrected chi connectivity index (χ2v) is 5.42. The predicted molar refractivity (Wildman–Crippen MR) is 84.2 cm³/mol. The molecule has 0 aromatic heterocycles. The second kappa shape index (κ2) is 7.94. The molecule has 7 heteroatoms. The van der Waals surface area contributed by atoms with Crippen molar-refractivity contribution in [1.82, 2.24) is 0 Å². The lowest BCUT2D eigenvalue weighted by molar-refractivity contribution is -0.141. The number of esters is 1. The van der Waals surface area contributed by atoms with Crippen LogP contribution in [-0.2, 0) is 19.1 Å². The summed E-state index contributed by atoms with van der Waals surface area (Å²) >= 11 is 0. The van der Waals surface area contributed by atoms with Crippen LogP contribution in [0.15, 0.2) is 24.3 Å². The van der Waals surface area contributed by atoms with Gasteiger partial charge in [0, 0.05) is 18.9 Å². The number of hydrogen-bond donors (Lipinski definition) is 2. The molecule has 0 atom stereocenters. The van der Waals surface area contributed by atoms with Crippen molar-refractivity contribution in [3.8, 4) is 5.75 Å². The van der Waals surface area contributed by atoms with E-state index in [-0.39, 0.29) is 24.9 Å². The molecule has 126 valence electrons. The molecule has 0 spiro atoms. The Hall–Kier alpha value is -2.12. The number of benzene rings is 1. The van der Waals surface area contributed by atoms with E-state index in [1.807, 2.05) is 0 Å². The Labute approximate surface area is 135 Å². The number of ether oxygens (including phenoxy) is 3. The SMILES string of the molecule is COC(=O)CCOc1ccc(NC(=O)C2(N)CCOCC2)cc1. The van der Waals surface area contributed by atoms with Gasteiger partial charge in [-0.25, -0.2) is 0 Å². The zero-order valence-electron chi connectivity index (χ0n) is 13.2. The fraction of sp³-hybridized carbons (Fsp3) is 0.500. The van der Waals surface area contributed by atoms with Crippen molar-refractivity contribution in [3.05, 3.63) is 24.3 Å². The van der Waals surface area contributed by atoms with Gasteiger partial charge in [-0.2, -0.15) is 0 Å². The molecule has 1 aliphatic rings. The van der Waals surface area contributed by atoms with Gasteiger partial charge in [-0.15, -0.1) is 0 Å². The molecule has 0 unspecified atom stereocenters. The van der Waals surface area contributed by atoms with Crippen molar-refractivity contribution in [3.63, 3.8) is 0 Å². The van der Waals surface area contributed by atoms with E-state index < -0.39 is 5.54 Å². The molecule has 1 saturated heterocycles. The highest BCUT2D eigenvalue weighted by Gasteiger charge is 2.35. The van der Waals surface area contributed by atoms with Crippen LogP contribution in [-0.4, -0.2) is 44.3 Å². The van der Waals surface area contributed by atoms with Crippen molar-refractivity contribution >= 4 is 17.6 Å². The molecule has 1 fully saturated rings. The van der Waals surface area contributed by atoms with E-state index in [9.17, 15) is 9.59 Å². The molecule has 0 radical (unpaired) electrons. The summed E-state index contributed by atoms with van der Waals surface area (Å²) in [5, 5.41) is 2.81. The lowest BCUT2D eigenvalue weighted by Gasteiger charge is -2.31. The van der Waals surface area contributed by atoms with Gasteiger partial charge in [-0.1, -0.05) is 0 Å². The standard InChI is InChI=1S/C16H22N2O5/c1-21-14(19)6-9-23-13-4-2-12(3-5-13)18-15(20)16(17)7-10-22-11-8-16/h2-5H,6-11,17H2,1H3,(H,18,20). The van der Waals surface area contributed by atoms with Crippen LogP contribution in [0.4, 0.5) is 5.69 Å². The van der Waals surface area contributed by atoms with Gasteiger partial charge in [0.2, 0.25) is 5.91 Å². The summed E-state index contributed by atoms with van der Waals surface area (Å²) in [6.45, 7) is 1.23. The first-order valence-corrected chi connectivity index (χ1v) is 7.51. The zero-order chi connectivity index (χ0) is 16.7. The smallest absolute Gasteiger partial charge is 0.308 e. The van der Waals surface area contributed by atoms with Crippen LogP contribution in [0.25, 0.3) is 0 Å². The maximum atomic E-state index is 12.3. The molecule has 23 heavy (non-hydrogen) atoms. The van der Waals surface area contributed by atoms with Crippen LogP contribution in [0.1, 0.15) is 19.3 Å². The van der Waals surface area contributed by atoms with Gasteiger partial charge in [0.05, 0.1) is 20.1 Å². The fourth-order valence-corrected chi connectivity index (χ4v) is 2.21. The molecule has 1 aromatic carbocycles. The van der Waals surface area contributed by atoms with E-state index >= 15 is 0 Å². The van der Waals surface area contributed by atoms with Gasteiger partial charge in [0.1, 0.15) is 11.3 Å². The van der Waals surface area contributed by atoms with Gasteiger partial charge in [0.25, 0.3) is 0 Å². The molecule has 7 nitrogen and oxygen atoms in total. The summed E-state index contributed by atoms with van der Waals surface area (Å²) < 4.78 is 15.2. The Morgan fingerprint density at radius 1 is 1.26 bits per heavy atom. The normalized spacial score (nSPS) is 16.4. The third kappa shape index (κ3) is 4.94. The van der Waals surface area contributed by atoms with Crippen molar-refractivity contribution in [1.29, 1.82) is 0 Å². The third-order valence-corrected chi connectivity index (χ3v) is 3.75. The first kappa shape index (κ1) is 17.2. The number of anilines is 1. The van der Waals surface area contributed by atoms with E-state index in [2.05, 4.69) is 10.1 Å². The summed E-state index contributed by atoms with van der Waals surface area (Å²) in [5.74, 6) is 0.0826. The number of nitrogens with one attached hydrogen (secondary N) is 1. The van der Waals surface area contributed by atoms with E-state index in [0.29, 0.717) is 37.5 Å². The van der Waals surface area contributed by atoms with Gasteiger partial charge < -0.3 is 25.3 Å². The molecular formula is C16H22N2O5. The third-order valence-electron chi connectivity index (χ3n) is 3.75. The van der Waals surface area contributed by atoms with Crippen molar-refractivity contribution in [2.24, 2.45) is 5.73 Å². The monoisotopic (exact) mass is 322 g/mol. The summed E-state index contributed by atoms with van der Waals surface area (Å²) in [4.78, 5) is 23.3. The average molecular weight is 322 g/mol. The highest BCUT2D eigenvalue weighted by atomic mass is 16.5. The van der Waals surface area contributed by atoms with Crippen LogP contribution in [0.2, 0.25) is 0 Å². The average Bonchev–Trinajstić information content (AvgIpc) is 2.57. The lowest BCUT2D eigenvalue weighted by atomic mass is 9.90. The number of carbonyl (C=O) groups excluding carboxylic acids is 2. The van der Waals surface area contributed by atoms with Crippen molar-refractivity contribution in [2.45, 2.75) is 24.8 Å². The molecule has 0 saturated carbocycles. The van der Waals surface area contributed by atoms with E-state index in [4.69, 9.17) is 15.2 Å². The Balaban J connectivity index is 1.84. The van der Waals surface area contributed by atoms with Crippen LogP contribution in [0.5, 0.6) is 5.75 Å². The largest absolute Gasteiger partial charge is 0.493 e. The minimum absolute atomic E-state index is 0.187. The van der Waals surface area contributed by atoms with Gasteiger partial charge in [0.15, 0.2) is 0 Å². The number of amides is 1. The summed E-state index contributed by atoms with van der Waals surface area (Å²) in [5.41, 5.74) is 5.89. The minimum atomic E-state index is -0.881. The van der Waals surface area contributed by atoms with Crippen LogP contribution in [0, 0.1) is 0 Å². The molecule has 1 heterocycles. The van der Waals surface area contributed by atoms with E-state index in [1.54, 1.807) is 24.3 Å². The van der Waals surface area contributed by atoms with Crippen molar-refractivity contribution < 1.29 is 23.8 Å². The minimum Gasteiger partial charge on any atom is -0.493 e. The summed E-state index contributed by atoms with van der Waals surface area (Å²) in [6, 6.07) is 6.91. The molecule has 1 aliphatic heterocycles. The lowest BCUT2D eigenvalue weighted by Crippen LogP contribution is -2.54. The molecule has 3 N–H and O–H groups in total. The van der Waals surface area contributed by atoms with Crippen LogP contribution in [0.3, 0.4) is 0 Å². The molecule has 1 aromatic rings. The second-order valence-electron chi connectivity index (χ2n) is 5.42. The molecular weight excluding hydrogens is 300 g/mol. The first-order chi connectivity index (χ1) is 11.0. The topological polar surface area (TPSA) is 99.9 Å². The number of rotatable bonds is 6. The van der Waals surface area contributed by atoms with E-state index in [1.165, 1.54) is 7.11 Å². The molecule has 0 bridgehead atoms. The maximum Gasteiger partial charge on any atom is 0.308 e. The number of carbonyl (C=O) groups is 2. The Kier molecular flexibility index (Phi) is 5.95. The van der Waals surface area contributed by atoms with Gasteiger partial charge >= 0.3 is 5.97 Å². The highest BCUT2D eigenvalue weighted by molar-refractivity contribution is 5.98. The molecule has 0 aliphatic carbocycles.